The first-order chi connectivity index (χ1) is 12.1. The molecule has 6 heteroatoms. The third kappa shape index (κ3) is 4.07. The van der Waals surface area contributed by atoms with Gasteiger partial charge in [0.15, 0.2) is 11.5 Å². The number of carbonyl (C=O) groups is 1. The number of hydrogen-bond donors (Lipinski definition) is 2. The third-order valence-electron chi connectivity index (χ3n) is 5.46. The summed E-state index contributed by atoms with van der Waals surface area (Å²) in [5, 5.41) is 6.31. The molecule has 0 saturated carbocycles. The molecular weight excluding hydrogens is 318 g/mol. The maximum absolute atomic E-state index is 12.2. The van der Waals surface area contributed by atoms with Crippen LogP contribution in [-0.2, 0) is 17.8 Å². The summed E-state index contributed by atoms with van der Waals surface area (Å²) < 4.78 is 10.8. The molecule has 0 radical (unpaired) electrons. The van der Waals surface area contributed by atoms with Crippen molar-refractivity contribution in [3.8, 4) is 11.5 Å². The lowest BCUT2D eigenvalue weighted by molar-refractivity contribution is -0.126. The van der Waals surface area contributed by atoms with Gasteiger partial charge in [0.2, 0.25) is 5.91 Å². The number of carbonyl (C=O) groups excluding carboxylic acids is 1. The van der Waals surface area contributed by atoms with E-state index in [0.717, 1.165) is 50.6 Å². The lowest BCUT2D eigenvalue weighted by Gasteiger charge is -2.32. The Kier molecular flexibility index (Phi) is 5.81. The normalized spacial score (nSPS) is 18.8. The number of ether oxygens (including phenoxy) is 2. The average Bonchev–Trinajstić information content (AvgIpc) is 2.58. The van der Waals surface area contributed by atoms with E-state index in [1.807, 2.05) is 6.92 Å². The molecule has 6 nitrogen and oxygen atoms in total. The molecule has 1 aromatic rings. The Hall–Kier alpha value is -1.79. The number of fused-ring (bicyclic) bond motifs is 1. The Morgan fingerprint density at radius 3 is 2.56 bits per heavy atom. The molecule has 2 aliphatic heterocycles. The van der Waals surface area contributed by atoms with Crippen LogP contribution in [0.4, 0.5) is 0 Å². The fraction of sp³-hybridized carbons (Fsp3) is 0.632. The molecule has 0 aliphatic carbocycles. The van der Waals surface area contributed by atoms with E-state index in [0.29, 0.717) is 12.5 Å². The van der Waals surface area contributed by atoms with Crippen LogP contribution in [0.15, 0.2) is 12.1 Å². The molecule has 1 saturated heterocycles. The minimum absolute atomic E-state index is 0.0973. The van der Waals surface area contributed by atoms with Gasteiger partial charge in [-0.2, -0.15) is 0 Å². The molecule has 0 spiro atoms. The lowest BCUT2D eigenvalue weighted by Crippen LogP contribution is -2.50. The smallest absolute Gasteiger partial charge is 0.223 e. The second kappa shape index (κ2) is 8.06. The summed E-state index contributed by atoms with van der Waals surface area (Å²) in [5.74, 6) is 2.33. The first-order valence-electron chi connectivity index (χ1n) is 9.07. The monoisotopic (exact) mass is 347 g/mol. The van der Waals surface area contributed by atoms with Crippen LogP contribution >= 0.6 is 0 Å². The molecular formula is C19H29N3O3. The zero-order valence-corrected chi connectivity index (χ0v) is 15.4. The van der Waals surface area contributed by atoms with Crippen molar-refractivity contribution in [1.82, 2.24) is 15.5 Å². The van der Waals surface area contributed by atoms with Crippen molar-refractivity contribution in [2.24, 2.45) is 11.8 Å². The van der Waals surface area contributed by atoms with Crippen molar-refractivity contribution in [3.05, 3.63) is 23.3 Å². The fourth-order valence-electron chi connectivity index (χ4n) is 3.51. The largest absolute Gasteiger partial charge is 0.493 e. The van der Waals surface area contributed by atoms with Crippen LogP contribution in [0.25, 0.3) is 0 Å². The van der Waals surface area contributed by atoms with Gasteiger partial charge < -0.3 is 20.1 Å². The summed E-state index contributed by atoms with van der Waals surface area (Å²) >= 11 is 0. The van der Waals surface area contributed by atoms with Gasteiger partial charge in [0.05, 0.1) is 14.2 Å². The first kappa shape index (κ1) is 18.0. The quantitative estimate of drug-likeness (QED) is 0.772. The Bertz CT molecular complexity index is 616. The lowest BCUT2D eigenvalue weighted by atomic mass is 9.88. The molecule has 2 heterocycles. The highest BCUT2D eigenvalue weighted by Gasteiger charge is 2.28. The van der Waals surface area contributed by atoms with Crippen LogP contribution in [0, 0.1) is 11.8 Å². The molecule has 2 aliphatic rings. The van der Waals surface area contributed by atoms with Gasteiger partial charge in [-0.15, -0.1) is 0 Å². The summed E-state index contributed by atoms with van der Waals surface area (Å²) in [7, 11) is 3.34. The molecule has 0 bridgehead atoms. The van der Waals surface area contributed by atoms with E-state index in [1.54, 1.807) is 14.2 Å². The molecule has 138 valence electrons. The van der Waals surface area contributed by atoms with Crippen molar-refractivity contribution in [2.75, 3.05) is 46.9 Å². The molecule has 1 aromatic carbocycles. The number of methoxy groups -OCH3 is 2. The van der Waals surface area contributed by atoms with E-state index in [2.05, 4.69) is 27.7 Å². The molecule has 25 heavy (non-hydrogen) atoms. The molecule has 0 aromatic heterocycles. The topological polar surface area (TPSA) is 62.8 Å². The van der Waals surface area contributed by atoms with Gasteiger partial charge >= 0.3 is 0 Å². The Morgan fingerprint density at radius 2 is 1.96 bits per heavy atom. The zero-order valence-electron chi connectivity index (χ0n) is 15.4. The van der Waals surface area contributed by atoms with Crippen LogP contribution in [0.5, 0.6) is 11.5 Å². The maximum atomic E-state index is 12.2. The summed E-state index contributed by atoms with van der Waals surface area (Å²) in [6, 6.07) is 4.16. The van der Waals surface area contributed by atoms with E-state index >= 15 is 0 Å². The minimum atomic E-state index is 0.0973. The number of rotatable bonds is 7. The number of hydrogen-bond acceptors (Lipinski definition) is 5. The predicted molar refractivity (Wildman–Crippen MR) is 97.1 cm³/mol. The van der Waals surface area contributed by atoms with Crippen molar-refractivity contribution in [2.45, 2.75) is 19.9 Å². The van der Waals surface area contributed by atoms with Crippen LogP contribution in [0.3, 0.4) is 0 Å². The number of benzene rings is 1. The van der Waals surface area contributed by atoms with Crippen molar-refractivity contribution >= 4 is 5.91 Å². The first-order valence-corrected chi connectivity index (χ1v) is 9.07. The summed E-state index contributed by atoms with van der Waals surface area (Å²) in [6.45, 7) is 7.40. The highest BCUT2D eigenvalue weighted by Crippen LogP contribution is 2.33. The van der Waals surface area contributed by atoms with Crippen LogP contribution in [-0.4, -0.2) is 57.8 Å². The van der Waals surface area contributed by atoms with Gasteiger partial charge in [-0.1, -0.05) is 6.92 Å². The standard InChI is InChI=1S/C19H29N3O3/c1-13(16-10-20-11-16)19(23)21-5-7-22-6-4-14-8-17(24-2)18(25-3)9-15(14)12-22/h8-9,13,16,20H,4-7,10-12H2,1-3H3,(H,21,23). The van der Waals surface area contributed by atoms with E-state index in [-0.39, 0.29) is 11.8 Å². The molecule has 3 rings (SSSR count). The van der Waals surface area contributed by atoms with Crippen molar-refractivity contribution in [3.63, 3.8) is 0 Å². The Labute approximate surface area is 149 Å². The Balaban J connectivity index is 1.50. The number of nitrogens with one attached hydrogen (secondary N) is 2. The predicted octanol–water partition coefficient (Wildman–Crippen LogP) is 1.03. The van der Waals surface area contributed by atoms with Gasteiger partial charge in [0, 0.05) is 32.1 Å². The number of amides is 1. The molecule has 1 atom stereocenters. The summed E-state index contributed by atoms with van der Waals surface area (Å²) in [4.78, 5) is 14.6. The van der Waals surface area contributed by atoms with Crippen LogP contribution < -0.4 is 20.1 Å². The highest BCUT2D eigenvalue weighted by molar-refractivity contribution is 5.78. The second-order valence-corrected chi connectivity index (χ2v) is 7.00. The van der Waals surface area contributed by atoms with Gasteiger partial charge in [-0.05, 0) is 48.7 Å². The van der Waals surface area contributed by atoms with Crippen LogP contribution in [0.2, 0.25) is 0 Å². The van der Waals surface area contributed by atoms with Gasteiger partial charge in [0.25, 0.3) is 0 Å². The van der Waals surface area contributed by atoms with Crippen molar-refractivity contribution in [1.29, 1.82) is 0 Å². The van der Waals surface area contributed by atoms with Crippen LogP contribution in [0.1, 0.15) is 18.1 Å². The van der Waals surface area contributed by atoms with E-state index < -0.39 is 0 Å². The third-order valence-corrected chi connectivity index (χ3v) is 5.46. The molecule has 2 N–H and O–H groups in total. The van der Waals surface area contributed by atoms with Gasteiger partial charge in [-0.25, -0.2) is 0 Å². The van der Waals surface area contributed by atoms with Gasteiger partial charge in [0.1, 0.15) is 0 Å². The van der Waals surface area contributed by atoms with E-state index in [1.165, 1.54) is 11.1 Å². The second-order valence-electron chi connectivity index (χ2n) is 7.00. The molecule has 1 unspecified atom stereocenters. The SMILES string of the molecule is COc1cc2c(cc1OC)CN(CCNC(=O)C(C)C1CNC1)CC2. The van der Waals surface area contributed by atoms with Gasteiger partial charge in [-0.3, -0.25) is 9.69 Å². The highest BCUT2D eigenvalue weighted by atomic mass is 16.5. The molecule has 1 amide bonds. The Morgan fingerprint density at radius 1 is 1.28 bits per heavy atom. The summed E-state index contributed by atoms with van der Waals surface area (Å²) in [5.41, 5.74) is 2.60. The fourth-order valence-corrected chi connectivity index (χ4v) is 3.51. The minimum Gasteiger partial charge on any atom is -0.493 e. The maximum Gasteiger partial charge on any atom is 0.223 e. The molecule has 1 fully saturated rings. The summed E-state index contributed by atoms with van der Waals surface area (Å²) in [6.07, 6.45) is 0.994. The van der Waals surface area contributed by atoms with Crippen molar-refractivity contribution < 1.29 is 14.3 Å². The van der Waals surface area contributed by atoms with E-state index in [9.17, 15) is 4.79 Å². The number of nitrogens with zero attached hydrogens (tertiary/aromatic N) is 1. The van der Waals surface area contributed by atoms with E-state index in [4.69, 9.17) is 9.47 Å². The average molecular weight is 347 g/mol. The zero-order chi connectivity index (χ0) is 17.8.